The Kier molecular flexibility index (Phi) is 6.68. The smallest absolute Gasteiger partial charge is 0.352 e. The number of amides is 1. The summed E-state index contributed by atoms with van der Waals surface area (Å²) >= 11 is 0. The van der Waals surface area contributed by atoms with Crippen molar-refractivity contribution in [1.29, 1.82) is 0 Å². The van der Waals surface area contributed by atoms with Crippen molar-refractivity contribution in [2.75, 3.05) is 18.0 Å². The summed E-state index contributed by atoms with van der Waals surface area (Å²) in [5, 5.41) is 11.1. The van der Waals surface area contributed by atoms with E-state index in [-0.39, 0.29) is 30.4 Å². The molecule has 10 heteroatoms. The highest BCUT2D eigenvalue weighted by molar-refractivity contribution is 7.93. The lowest BCUT2D eigenvalue weighted by Crippen LogP contribution is -2.31. The van der Waals surface area contributed by atoms with Crippen LogP contribution in [0.2, 0.25) is 0 Å². The van der Waals surface area contributed by atoms with Gasteiger partial charge >= 0.3 is 10.2 Å². The quantitative estimate of drug-likeness (QED) is 0.479. The summed E-state index contributed by atoms with van der Waals surface area (Å²) in [4.78, 5) is 12.6. The van der Waals surface area contributed by atoms with Crippen LogP contribution in [0.4, 0.5) is 5.69 Å². The van der Waals surface area contributed by atoms with Crippen LogP contribution in [0.3, 0.4) is 0 Å². The molecule has 3 aromatic rings. The van der Waals surface area contributed by atoms with E-state index in [1.54, 1.807) is 38.1 Å². The zero-order valence-electron chi connectivity index (χ0n) is 19.6. The number of hydrogen-bond donors (Lipinski definition) is 1. The maximum atomic E-state index is 12.7. The number of benzene rings is 3. The summed E-state index contributed by atoms with van der Waals surface area (Å²) < 4.78 is 46.7. The average Bonchev–Trinajstić information content (AvgIpc) is 3.08. The van der Waals surface area contributed by atoms with Crippen molar-refractivity contribution in [1.82, 2.24) is 0 Å². The first kappa shape index (κ1) is 24.5. The van der Waals surface area contributed by atoms with E-state index in [4.69, 9.17) is 14.2 Å². The molecule has 0 saturated heterocycles. The number of carbonyl (C=O) groups is 1. The monoisotopic (exact) mass is 498 g/mol. The second-order valence-corrected chi connectivity index (χ2v) is 10.1. The van der Waals surface area contributed by atoms with Crippen molar-refractivity contribution in [2.24, 2.45) is 4.40 Å². The Morgan fingerprint density at radius 1 is 1.06 bits per heavy atom. The largest absolute Gasteiger partial charge is 0.494 e. The van der Waals surface area contributed by atoms with Gasteiger partial charge in [-0.25, -0.2) is 0 Å². The second kappa shape index (κ2) is 9.55. The number of rotatable bonds is 9. The van der Waals surface area contributed by atoms with Gasteiger partial charge in [-0.2, -0.15) is 12.7 Å². The Bertz CT molecular complexity index is 1380. The Labute approximate surface area is 203 Å². The number of hydrogen-bond acceptors (Lipinski definition) is 7. The van der Waals surface area contributed by atoms with Crippen LogP contribution in [-0.2, 0) is 21.6 Å². The number of nitrogens with zero attached hydrogens (tertiary/aromatic N) is 2. The summed E-state index contributed by atoms with van der Waals surface area (Å²) in [6.45, 7) is 3.80. The van der Waals surface area contributed by atoms with Crippen LogP contribution in [0.1, 0.15) is 25.8 Å². The normalized spacial score (nSPS) is 15.0. The van der Waals surface area contributed by atoms with Gasteiger partial charge in [0.25, 0.3) is 5.91 Å². The standard InChI is InChI=1S/C25H26N2O7S/c1-25(2,29)11-12-33-19-10-9-18-13-21(34-16-17-7-5-4-6-8-17)23(24(32-3)20(18)14-19)27-22(28)15-26-35(27,30)31/h4-10,13-15,29H,11-12,16H2,1-3H3. The molecule has 1 aliphatic rings. The molecule has 1 heterocycles. The number of methoxy groups -OCH3 is 1. The van der Waals surface area contributed by atoms with E-state index in [9.17, 15) is 18.3 Å². The molecule has 9 nitrogen and oxygen atoms in total. The summed E-state index contributed by atoms with van der Waals surface area (Å²) in [7, 11) is -2.92. The molecular formula is C25H26N2O7S. The average molecular weight is 499 g/mol. The highest BCUT2D eigenvalue weighted by Crippen LogP contribution is 2.47. The predicted molar refractivity (Wildman–Crippen MR) is 133 cm³/mol. The molecule has 35 heavy (non-hydrogen) atoms. The van der Waals surface area contributed by atoms with E-state index in [0.29, 0.717) is 27.2 Å². The maximum absolute atomic E-state index is 12.7. The van der Waals surface area contributed by atoms with E-state index in [2.05, 4.69) is 4.40 Å². The first-order chi connectivity index (χ1) is 16.6. The van der Waals surface area contributed by atoms with Crippen molar-refractivity contribution in [3.8, 4) is 17.2 Å². The highest BCUT2D eigenvalue weighted by atomic mass is 32.2. The van der Waals surface area contributed by atoms with Crippen LogP contribution in [0.25, 0.3) is 10.8 Å². The molecule has 0 saturated carbocycles. The SMILES string of the molecule is COc1c(N2C(=O)C=NS2(=O)=O)c(OCc2ccccc2)cc2ccc(OCCC(C)(C)O)cc12. The zero-order valence-corrected chi connectivity index (χ0v) is 20.4. The third kappa shape index (κ3) is 5.39. The molecule has 1 aliphatic heterocycles. The number of fused-ring (bicyclic) bond motifs is 1. The van der Waals surface area contributed by atoms with Gasteiger partial charge in [0.1, 0.15) is 30.0 Å². The fourth-order valence-electron chi connectivity index (χ4n) is 3.61. The summed E-state index contributed by atoms with van der Waals surface area (Å²) in [5.74, 6) is -0.0575. The van der Waals surface area contributed by atoms with Crippen molar-refractivity contribution in [2.45, 2.75) is 32.5 Å². The second-order valence-electron chi connectivity index (χ2n) is 8.64. The van der Waals surface area contributed by atoms with E-state index >= 15 is 0 Å². The molecule has 4 rings (SSSR count). The molecule has 0 atom stereocenters. The van der Waals surface area contributed by atoms with Gasteiger partial charge in [-0.15, -0.1) is 4.40 Å². The molecule has 0 spiro atoms. The Morgan fingerprint density at radius 2 is 1.80 bits per heavy atom. The lowest BCUT2D eigenvalue weighted by molar-refractivity contribution is -0.110. The molecular weight excluding hydrogens is 472 g/mol. The van der Waals surface area contributed by atoms with E-state index in [1.165, 1.54) is 7.11 Å². The number of aliphatic hydroxyl groups is 1. The van der Waals surface area contributed by atoms with E-state index in [1.807, 2.05) is 30.3 Å². The van der Waals surface area contributed by atoms with Crippen LogP contribution in [0.15, 0.2) is 59.0 Å². The number of carbonyl (C=O) groups excluding carboxylic acids is 1. The third-order valence-corrected chi connectivity index (χ3v) is 6.55. The Morgan fingerprint density at radius 3 is 2.43 bits per heavy atom. The van der Waals surface area contributed by atoms with Gasteiger partial charge in [-0.3, -0.25) is 4.79 Å². The van der Waals surface area contributed by atoms with Crippen LogP contribution < -0.4 is 18.5 Å². The topological polar surface area (TPSA) is 115 Å². The summed E-state index contributed by atoms with van der Waals surface area (Å²) in [5.41, 5.74) is -0.0797. The van der Waals surface area contributed by atoms with Crippen molar-refractivity contribution in [3.63, 3.8) is 0 Å². The molecule has 0 radical (unpaired) electrons. The van der Waals surface area contributed by atoms with E-state index in [0.717, 1.165) is 11.8 Å². The highest BCUT2D eigenvalue weighted by Gasteiger charge is 2.38. The van der Waals surface area contributed by atoms with Crippen molar-refractivity contribution in [3.05, 3.63) is 60.2 Å². The van der Waals surface area contributed by atoms with Gasteiger partial charge in [0, 0.05) is 11.8 Å². The van der Waals surface area contributed by atoms with Crippen LogP contribution in [-0.4, -0.2) is 45.0 Å². The molecule has 0 unspecified atom stereocenters. The Balaban J connectivity index is 1.81. The predicted octanol–water partition coefficient (Wildman–Crippen LogP) is 3.63. The lowest BCUT2D eigenvalue weighted by Gasteiger charge is -2.23. The summed E-state index contributed by atoms with van der Waals surface area (Å²) in [6, 6.07) is 16.2. The van der Waals surface area contributed by atoms with Crippen molar-refractivity contribution >= 4 is 38.8 Å². The fraction of sp³-hybridized carbons (Fsp3) is 0.280. The minimum atomic E-state index is -4.30. The molecule has 0 aliphatic carbocycles. The summed E-state index contributed by atoms with van der Waals surface area (Å²) in [6.07, 6.45) is 1.16. The first-order valence-corrected chi connectivity index (χ1v) is 12.3. The number of ether oxygens (including phenoxy) is 3. The van der Waals surface area contributed by atoms with Gasteiger partial charge < -0.3 is 19.3 Å². The van der Waals surface area contributed by atoms with Crippen LogP contribution >= 0.6 is 0 Å². The number of anilines is 1. The van der Waals surface area contributed by atoms with Gasteiger partial charge in [-0.05, 0) is 43.0 Å². The minimum Gasteiger partial charge on any atom is -0.494 e. The molecule has 3 aromatic carbocycles. The zero-order chi connectivity index (χ0) is 25.2. The van der Waals surface area contributed by atoms with Crippen LogP contribution in [0, 0.1) is 0 Å². The molecule has 1 N–H and O–H groups in total. The maximum Gasteiger partial charge on any atom is 0.352 e. The lowest BCUT2D eigenvalue weighted by atomic mass is 10.1. The molecule has 1 amide bonds. The van der Waals surface area contributed by atoms with Crippen molar-refractivity contribution < 1.29 is 32.5 Å². The fourth-order valence-corrected chi connectivity index (χ4v) is 4.61. The Hall–Kier alpha value is -3.63. The third-order valence-electron chi connectivity index (χ3n) is 5.36. The van der Waals surface area contributed by atoms with Gasteiger partial charge in [0.2, 0.25) is 0 Å². The van der Waals surface area contributed by atoms with Crippen LogP contribution in [0.5, 0.6) is 17.2 Å². The molecule has 184 valence electrons. The van der Waals surface area contributed by atoms with E-state index < -0.39 is 21.7 Å². The minimum absolute atomic E-state index is 0.0629. The van der Waals surface area contributed by atoms with Gasteiger partial charge in [0.05, 0.1) is 19.3 Å². The first-order valence-electron chi connectivity index (χ1n) is 10.9. The molecule has 0 aromatic heterocycles. The molecule has 0 bridgehead atoms. The van der Waals surface area contributed by atoms with Gasteiger partial charge in [0.15, 0.2) is 5.75 Å². The van der Waals surface area contributed by atoms with Gasteiger partial charge in [-0.1, -0.05) is 36.4 Å². The molecule has 0 fully saturated rings.